The van der Waals surface area contributed by atoms with Crippen LogP contribution in [-0.2, 0) is 9.05 Å². The van der Waals surface area contributed by atoms with Gasteiger partial charge >= 0.3 is 0 Å². The Morgan fingerprint density at radius 1 is 1.43 bits per heavy atom. The van der Waals surface area contributed by atoms with Gasteiger partial charge in [0.25, 0.3) is 15.0 Å². The van der Waals surface area contributed by atoms with E-state index in [1.165, 1.54) is 0 Å². The predicted molar refractivity (Wildman–Crippen MR) is 78.4 cm³/mol. The molecule has 1 aromatic carbocycles. The summed E-state index contributed by atoms with van der Waals surface area (Å²) in [5.74, 6) is -0.678. The number of carbonyl (C=O) groups is 1. The fraction of sp³-hybridized carbons (Fsp3) is 0.500. The Morgan fingerprint density at radius 3 is 2.76 bits per heavy atom. The first-order valence-electron chi connectivity index (χ1n) is 6.85. The summed E-state index contributed by atoms with van der Waals surface area (Å²) < 4.78 is 36.1. The minimum Gasteiger partial charge on any atom is -0.338 e. The standard InChI is InChI=1S/C14H17ClFNO3S/c1-2-3-10-4-5-17(9-10)14(18)11-6-12(16)8-13(7-11)21(15,19)20/h6-8,10H,2-5,9H2,1H3. The molecule has 1 atom stereocenters. The average Bonchev–Trinajstić information content (AvgIpc) is 2.85. The molecule has 1 saturated heterocycles. The van der Waals surface area contributed by atoms with Crippen molar-refractivity contribution in [1.29, 1.82) is 0 Å². The van der Waals surface area contributed by atoms with Gasteiger partial charge in [0.15, 0.2) is 0 Å². The number of rotatable bonds is 4. The first-order valence-corrected chi connectivity index (χ1v) is 9.16. The minimum absolute atomic E-state index is 0.0198. The van der Waals surface area contributed by atoms with Crippen LogP contribution in [0, 0.1) is 11.7 Å². The third kappa shape index (κ3) is 3.95. The molecule has 0 aromatic heterocycles. The lowest BCUT2D eigenvalue weighted by atomic mass is 10.0. The van der Waals surface area contributed by atoms with Gasteiger partial charge in [0.2, 0.25) is 0 Å². The molecule has 2 rings (SSSR count). The maximum Gasteiger partial charge on any atom is 0.261 e. The van der Waals surface area contributed by atoms with Gasteiger partial charge in [-0.3, -0.25) is 4.79 Å². The van der Waals surface area contributed by atoms with Gasteiger partial charge in [-0.15, -0.1) is 0 Å². The number of benzene rings is 1. The molecule has 1 aromatic rings. The van der Waals surface area contributed by atoms with Crippen LogP contribution >= 0.6 is 10.7 Å². The molecule has 0 radical (unpaired) electrons. The van der Waals surface area contributed by atoms with Gasteiger partial charge in [-0.05, 0) is 37.0 Å². The summed E-state index contributed by atoms with van der Waals surface area (Å²) in [4.78, 5) is 13.6. The van der Waals surface area contributed by atoms with Gasteiger partial charge < -0.3 is 4.90 Å². The van der Waals surface area contributed by atoms with Crippen molar-refractivity contribution in [2.24, 2.45) is 5.92 Å². The topological polar surface area (TPSA) is 54.5 Å². The summed E-state index contributed by atoms with van der Waals surface area (Å²) in [6, 6.07) is 2.98. The molecular formula is C14H17ClFNO3S. The smallest absolute Gasteiger partial charge is 0.261 e. The number of amides is 1. The van der Waals surface area contributed by atoms with Crippen LogP contribution in [0.25, 0.3) is 0 Å². The van der Waals surface area contributed by atoms with Gasteiger partial charge in [-0.25, -0.2) is 12.8 Å². The van der Waals surface area contributed by atoms with E-state index >= 15 is 0 Å². The molecule has 116 valence electrons. The lowest BCUT2D eigenvalue weighted by Crippen LogP contribution is -2.28. The van der Waals surface area contributed by atoms with Crippen LogP contribution in [0.15, 0.2) is 23.1 Å². The molecule has 0 saturated carbocycles. The van der Waals surface area contributed by atoms with E-state index in [1.54, 1.807) is 4.90 Å². The molecule has 0 spiro atoms. The minimum atomic E-state index is -4.06. The van der Waals surface area contributed by atoms with Crippen LogP contribution in [0.3, 0.4) is 0 Å². The van der Waals surface area contributed by atoms with E-state index in [0.717, 1.165) is 37.5 Å². The van der Waals surface area contributed by atoms with Crippen molar-refractivity contribution < 1.29 is 17.6 Å². The Morgan fingerprint density at radius 2 is 2.14 bits per heavy atom. The molecule has 4 nitrogen and oxygen atoms in total. The molecule has 21 heavy (non-hydrogen) atoms. The van der Waals surface area contributed by atoms with Gasteiger partial charge in [0, 0.05) is 29.3 Å². The van der Waals surface area contributed by atoms with Crippen molar-refractivity contribution in [1.82, 2.24) is 4.90 Å². The molecule has 1 aliphatic heterocycles. The fourth-order valence-electron chi connectivity index (χ4n) is 2.67. The second kappa shape index (κ2) is 6.32. The van der Waals surface area contributed by atoms with E-state index < -0.39 is 19.8 Å². The van der Waals surface area contributed by atoms with Crippen molar-refractivity contribution >= 4 is 25.6 Å². The summed E-state index contributed by atoms with van der Waals surface area (Å²) in [6.45, 7) is 3.34. The summed E-state index contributed by atoms with van der Waals surface area (Å²) in [5.41, 5.74) is 0.0198. The van der Waals surface area contributed by atoms with E-state index in [0.29, 0.717) is 19.0 Å². The summed E-state index contributed by atoms with van der Waals surface area (Å²) in [5, 5.41) is 0. The third-order valence-corrected chi connectivity index (χ3v) is 5.00. The normalized spacial score (nSPS) is 19.0. The number of carbonyl (C=O) groups excluding carboxylic acids is 1. The highest BCUT2D eigenvalue weighted by Gasteiger charge is 2.27. The molecule has 0 aliphatic carbocycles. The molecule has 1 heterocycles. The largest absolute Gasteiger partial charge is 0.338 e. The van der Waals surface area contributed by atoms with Crippen molar-refractivity contribution in [3.63, 3.8) is 0 Å². The monoisotopic (exact) mass is 333 g/mol. The highest BCUT2D eigenvalue weighted by Crippen LogP contribution is 2.24. The van der Waals surface area contributed by atoms with Crippen molar-refractivity contribution in [3.8, 4) is 0 Å². The zero-order valence-corrected chi connectivity index (χ0v) is 13.3. The van der Waals surface area contributed by atoms with Crippen LogP contribution < -0.4 is 0 Å². The van der Waals surface area contributed by atoms with Gasteiger partial charge in [-0.1, -0.05) is 13.3 Å². The third-order valence-electron chi connectivity index (χ3n) is 3.67. The first kappa shape index (κ1) is 16.2. The number of hydrogen-bond acceptors (Lipinski definition) is 3. The van der Waals surface area contributed by atoms with E-state index in [9.17, 15) is 17.6 Å². The van der Waals surface area contributed by atoms with E-state index in [-0.39, 0.29) is 11.5 Å². The molecule has 0 N–H and O–H groups in total. The molecule has 0 bridgehead atoms. The van der Waals surface area contributed by atoms with Crippen molar-refractivity contribution in [2.75, 3.05) is 13.1 Å². The Kier molecular flexibility index (Phi) is 4.88. The molecule has 7 heteroatoms. The Labute approximate surface area is 128 Å². The molecule has 1 fully saturated rings. The molecule has 1 amide bonds. The van der Waals surface area contributed by atoms with Gasteiger partial charge in [-0.2, -0.15) is 0 Å². The zero-order valence-electron chi connectivity index (χ0n) is 11.7. The van der Waals surface area contributed by atoms with E-state index in [1.807, 2.05) is 0 Å². The van der Waals surface area contributed by atoms with Crippen LogP contribution in [0.5, 0.6) is 0 Å². The molecule has 1 unspecified atom stereocenters. The molecule has 1 aliphatic rings. The first-order chi connectivity index (χ1) is 9.81. The van der Waals surface area contributed by atoms with E-state index in [2.05, 4.69) is 6.92 Å². The lowest BCUT2D eigenvalue weighted by molar-refractivity contribution is 0.0785. The number of halogens is 2. The van der Waals surface area contributed by atoms with Crippen LogP contribution in [0.2, 0.25) is 0 Å². The summed E-state index contributed by atoms with van der Waals surface area (Å²) in [6.07, 6.45) is 3.03. The Bertz CT molecular complexity index is 648. The summed E-state index contributed by atoms with van der Waals surface area (Å²) in [7, 11) is 1.15. The van der Waals surface area contributed by atoms with Crippen LogP contribution in [-0.4, -0.2) is 32.3 Å². The summed E-state index contributed by atoms with van der Waals surface area (Å²) >= 11 is 0. The highest BCUT2D eigenvalue weighted by atomic mass is 35.7. The average molecular weight is 334 g/mol. The quantitative estimate of drug-likeness (QED) is 0.796. The predicted octanol–water partition coefficient (Wildman–Crippen LogP) is 3.02. The van der Waals surface area contributed by atoms with E-state index in [4.69, 9.17) is 10.7 Å². The van der Waals surface area contributed by atoms with Crippen LogP contribution in [0.4, 0.5) is 4.39 Å². The van der Waals surface area contributed by atoms with Gasteiger partial charge in [0.1, 0.15) is 5.82 Å². The SMILES string of the molecule is CCCC1CCN(C(=O)c2cc(F)cc(S(=O)(=O)Cl)c2)C1. The maximum atomic E-state index is 13.5. The number of hydrogen-bond donors (Lipinski definition) is 0. The highest BCUT2D eigenvalue weighted by molar-refractivity contribution is 8.13. The van der Waals surface area contributed by atoms with Crippen LogP contribution in [0.1, 0.15) is 36.5 Å². The Hall–Kier alpha value is -1.14. The number of likely N-dealkylation sites (tertiary alicyclic amines) is 1. The lowest BCUT2D eigenvalue weighted by Gasteiger charge is -2.17. The fourth-order valence-corrected chi connectivity index (χ4v) is 3.46. The zero-order chi connectivity index (χ0) is 15.6. The van der Waals surface area contributed by atoms with Crippen molar-refractivity contribution in [2.45, 2.75) is 31.1 Å². The number of nitrogens with zero attached hydrogens (tertiary/aromatic N) is 1. The van der Waals surface area contributed by atoms with Crippen molar-refractivity contribution in [3.05, 3.63) is 29.6 Å². The van der Waals surface area contributed by atoms with Gasteiger partial charge in [0.05, 0.1) is 4.90 Å². The molecular weight excluding hydrogens is 317 g/mol. The maximum absolute atomic E-state index is 13.5. The second-order valence-electron chi connectivity index (χ2n) is 5.31. The second-order valence-corrected chi connectivity index (χ2v) is 7.87. The Balaban J connectivity index is 2.22.